The minimum Gasteiger partial charge on any atom is -0.366 e. The Morgan fingerprint density at radius 3 is 2.59 bits per heavy atom. The maximum atomic E-state index is 13.3. The number of fused-ring (bicyclic) bond motifs is 1. The molecule has 3 rings (SSSR count). The molecule has 0 fully saturated rings. The summed E-state index contributed by atoms with van der Waals surface area (Å²) in [5.74, 6) is -0.433. The molecular formula is C15H12FN5O. The van der Waals surface area contributed by atoms with Gasteiger partial charge in [-0.25, -0.2) is 9.37 Å². The lowest BCUT2D eigenvalue weighted by atomic mass is 10.2. The number of imidazole rings is 1. The number of hydrogen-bond acceptors (Lipinski definition) is 4. The molecule has 2 aromatic heterocycles. The molecule has 0 aliphatic carbocycles. The van der Waals surface area contributed by atoms with Crippen LogP contribution in [0.15, 0.2) is 52.8 Å². The third-order valence-corrected chi connectivity index (χ3v) is 3.14. The molecule has 0 saturated heterocycles. The van der Waals surface area contributed by atoms with Crippen molar-refractivity contribution < 1.29 is 9.18 Å². The van der Waals surface area contributed by atoms with Crippen LogP contribution in [0.25, 0.3) is 5.65 Å². The second kappa shape index (κ2) is 5.36. The number of benzene rings is 1. The number of nitrogens with two attached hydrogens (primary N) is 1. The Balaban J connectivity index is 1.96. The summed E-state index contributed by atoms with van der Waals surface area (Å²) >= 11 is 0. The number of halogens is 1. The molecule has 6 nitrogen and oxygen atoms in total. The first-order valence-electron chi connectivity index (χ1n) is 6.50. The number of pyridine rings is 1. The largest absolute Gasteiger partial charge is 0.366 e. The van der Waals surface area contributed by atoms with E-state index in [-0.39, 0.29) is 5.82 Å². The summed E-state index contributed by atoms with van der Waals surface area (Å²) in [5, 5.41) is 8.20. The standard InChI is InChI=1S/C15H12FN5O/c1-9-15(21-8-11(16)4-7-13(21)18-9)20-19-12-5-2-10(3-6-12)14(17)22/h2-8H,1H3,(H2,17,22). The summed E-state index contributed by atoms with van der Waals surface area (Å²) in [5.41, 5.74) is 7.35. The van der Waals surface area contributed by atoms with Crippen molar-refractivity contribution in [2.24, 2.45) is 16.0 Å². The molecule has 0 unspecified atom stereocenters. The van der Waals surface area contributed by atoms with Gasteiger partial charge in [0.25, 0.3) is 0 Å². The van der Waals surface area contributed by atoms with Gasteiger partial charge in [0.15, 0.2) is 5.82 Å². The number of carbonyl (C=O) groups is 1. The number of nitrogens with zero attached hydrogens (tertiary/aromatic N) is 4. The van der Waals surface area contributed by atoms with E-state index < -0.39 is 5.91 Å². The maximum absolute atomic E-state index is 13.3. The van der Waals surface area contributed by atoms with E-state index in [1.165, 1.54) is 16.7 Å². The number of aryl methyl sites for hydroxylation is 1. The summed E-state index contributed by atoms with van der Waals surface area (Å²) in [6.07, 6.45) is 1.31. The zero-order chi connectivity index (χ0) is 15.7. The van der Waals surface area contributed by atoms with Crippen molar-refractivity contribution in [1.29, 1.82) is 0 Å². The zero-order valence-electron chi connectivity index (χ0n) is 11.7. The molecule has 22 heavy (non-hydrogen) atoms. The number of amides is 1. The molecule has 110 valence electrons. The van der Waals surface area contributed by atoms with E-state index in [0.29, 0.717) is 28.4 Å². The van der Waals surface area contributed by atoms with Crippen molar-refractivity contribution in [2.75, 3.05) is 0 Å². The number of rotatable bonds is 3. The van der Waals surface area contributed by atoms with Crippen LogP contribution in [-0.4, -0.2) is 15.3 Å². The highest BCUT2D eigenvalue weighted by Crippen LogP contribution is 2.24. The Labute approximate surface area is 125 Å². The van der Waals surface area contributed by atoms with Crippen LogP contribution in [0.2, 0.25) is 0 Å². The van der Waals surface area contributed by atoms with Crippen molar-refractivity contribution in [3.63, 3.8) is 0 Å². The van der Waals surface area contributed by atoms with Gasteiger partial charge in [0, 0.05) is 11.8 Å². The fourth-order valence-electron chi connectivity index (χ4n) is 2.04. The van der Waals surface area contributed by atoms with Crippen LogP contribution in [0.3, 0.4) is 0 Å². The molecule has 0 saturated carbocycles. The molecule has 1 amide bonds. The Morgan fingerprint density at radius 1 is 1.18 bits per heavy atom. The third kappa shape index (κ3) is 2.56. The third-order valence-electron chi connectivity index (χ3n) is 3.14. The van der Waals surface area contributed by atoms with E-state index in [0.717, 1.165) is 0 Å². The lowest BCUT2D eigenvalue weighted by Gasteiger charge is -1.97. The Hall–Kier alpha value is -3.09. The smallest absolute Gasteiger partial charge is 0.248 e. The van der Waals surface area contributed by atoms with E-state index in [9.17, 15) is 9.18 Å². The van der Waals surface area contributed by atoms with Crippen molar-refractivity contribution in [1.82, 2.24) is 9.38 Å². The van der Waals surface area contributed by atoms with Crippen LogP contribution < -0.4 is 5.73 Å². The van der Waals surface area contributed by atoms with Gasteiger partial charge in [-0.1, -0.05) is 0 Å². The van der Waals surface area contributed by atoms with Gasteiger partial charge in [0.2, 0.25) is 5.91 Å². The monoisotopic (exact) mass is 297 g/mol. The Morgan fingerprint density at radius 2 is 1.91 bits per heavy atom. The fraction of sp³-hybridized carbons (Fsp3) is 0.0667. The van der Waals surface area contributed by atoms with Gasteiger partial charge >= 0.3 is 0 Å². The van der Waals surface area contributed by atoms with E-state index in [1.54, 1.807) is 37.3 Å². The average molecular weight is 297 g/mol. The molecule has 1 aromatic carbocycles. The summed E-state index contributed by atoms with van der Waals surface area (Å²) < 4.78 is 14.9. The van der Waals surface area contributed by atoms with Crippen molar-refractivity contribution in [2.45, 2.75) is 6.92 Å². The van der Waals surface area contributed by atoms with Crippen LogP contribution in [0, 0.1) is 12.7 Å². The molecule has 7 heteroatoms. The molecule has 0 aliphatic heterocycles. The van der Waals surface area contributed by atoms with Crippen molar-refractivity contribution in [3.05, 3.63) is 59.7 Å². The first kappa shape index (κ1) is 13.9. The summed E-state index contributed by atoms with van der Waals surface area (Å²) in [6, 6.07) is 9.30. The molecule has 0 spiro atoms. The number of azo groups is 1. The molecule has 2 N–H and O–H groups in total. The molecule has 0 atom stereocenters. The summed E-state index contributed by atoms with van der Waals surface area (Å²) in [6.45, 7) is 1.77. The summed E-state index contributed by atoms with van der Waals surface area (Å²) in [7, 11) is 0. The number of hydrogen-bond donors (Lipinski definition) is 1. The van der Waals surface area contributed by atoms with Crippen LogP contribution >= 0.6 is 0 Å². The highest BCUT2D eigenvalue weighted by molar-refractivity contribution is 5.92. The fourth-order valence-corrected chi connectivity index (χ4v) is 2.04. The normalized spacial score (nSPS) is 11.4. The molecule has 0 radical (unpaired) electrons. The number of primary amides is 1. The van der Waals surface area contributed by atoms with Crippen LogP contribution in [0.4, 0.5) is 15.9 Å². The lowest BCUT2D eigenvalue weighted by Crippen LogP contribution is -2.10. The molecule has 3 aromatic rings. The van der Waals surface area contributed by atoms with Crippen molar-refractivity contribution in [3.8, 4) is 0 Å². The van der Waals surface area contributed by atoms with Gasteiger partial charge < -0.3 is 5.73 Å². The summed E-state index contributed by atoms with van der Waals surface area (Å²) in [4.78, 5) is 15.3. The van der Waals surface area contributed by atoms with E-state index in [4.69, 9.17) is 5.73 Å². The second-order valence-corrected chi connectivity index (χ2v) is 4.71. The van der Waals surface area contributed by atoms with Crippen LogP contribution in [0.1, 0.15) is 16.1 Å². The number of aromatic nitrogens is 2. The quantitative estimate of drug-likeness (QED) is 0.752. The Bertz CT molecular complexity index is 883. The molecule has 0 bridgehead atoms. The van der Waals surface area contributed by atoms with Crippen molar-refractivity contribution >= 4 is 23.1 Å². The van der Waals surface area contributed by atoms with Gasteiger partial charge in [-0.2, -0.15) is 0 Å². The van der Waals surface area contributed by atoms with E-state index in [2.05, 4.69) is 15.2 Å². The minimum absolute atomic E-state index is 0.382. The molecule has 0 aliphatic rings. The van der Waals surface area contributed by atoms with E-state index in [1.807, 2.05) is 0 Å². The topological polar surface area (TPSA) is 85.1 Å². The highest BCUT2D eigenvalue weighted by Gasteiger charge is 2.08. The van der Waals surface area contributed by atoms with Gasteiger partial charge in [-0.05, 0) is 43.3 Å². The lowest BCUT2D eigenvalue weighted by molar-refractivity contribution is 0.100. The SMILES string of the molecule is Cc1nc2ccc(F)cn2c1N=Nc1ccc(C(N)=O)cc1. The van der Waals surface area contributed by atoms with Crippen LogP contribution in [-0.2, 0) is 0 Å². The van der Waals surface area contributed by atoms with Gasteiger partial charge in [0.05, 0.1) is 11.4 Å². The average Bonchev–Trinajstić information content (AvgIpc) is 2.80. The maximum Gasteiger partial charge on any atom is 0.248 e. The Kier molecular flexibility index (Phi) is 3.38. The van der Waals surface area contributed by atoms with Gasteiger partial charge in [-0.3, -0.25) is 9.20 Å². The predicted octanol–water partition coefficient (Wildman–Crippen LogP) is 3.30. The highest BCUT2D eigenvalue weighted by atomic mass is 19.1. The minimum atomic E-state index is -0.503. The van der Waals surface area contributed by atoms with Gasteiger partial charge in [0.1, 0.15) is 11.5 Å². The van der Waals surface area contributed by atoms with Crippen LogP contribution in [0.5, 0.6) is 0 Å². The van der Waals surface area contributed by atoms with Gasteiger partial charge in [-0.15, -0.1) is 10.2 Å². The molecule has 2 heterocycles. The number of carbonyl (C=O) groups excluding carboxylic acids is 1. The first-order valence-corrected chi connectivity index (χ1v) is 6.50. The predicted molar refractivity (Wildman–Crippen MR) is 79.0 cm³/mol. The second-order valence-electron chi connectivity index (χ2n) is 4.71. The van der Waals surface area contributed by atoms with E-state index >= 15 is 0 Å². The zero-order valence-corrected chi connectivity index (χ0v) is 11.7. The first-order chi connectivity index (χ1) is 10.5. The molecular weight excluding hydrogens is 285 g/mol.